The average molecular weight is 443 g/mol. The van der Waals surface area contributed by atoms with Crippen molar-refractivity contribution in [3.63, 3.8) is 0 Å². The Morgan fingerprint density at radius 2 is 1.90 bits per heavy atom. The lowest BCUT2D eigenvalue weighted by Gasteiger charge is -2.22. The van der Waals surface area contributed by atoms with Crippen LogP contribution in [0.5, 0.6) is 0 Å². The molecule has 2 aromatic rings. The van der Waals surface area contributed by atoms with Crippen LogP contribution in [0.25, 0.3) is 0 Å². The lowest BCUT2D eigenvalue weighted by atomic mass is 9.87. The highest BCUT2D eigenvalue weighted by Crippen LogP contribution is 2.30. The Morgan fingerprint density at radius 1 is 1.26 bits per heavy atom. The lowest BCUT2D eigenvalue weighted by molar-refractivity contribution is -0.116. The van der Waals surface area contributed by atoms with Crippen LogP contribution in [-0.4, -0.2) is 38.1 Å². The number of hydrogen-bond donors (Lipinski definition) is 2. The van der Waals surface area contributed by atoms with E-state index in [1.165, 1.54) is 4.90 Å². The third kappa shape index (κ3) is 6.63. The molecule has 1 amide bonds. The molecule has 1 aromatic heterocycles. The Morgan fingerprint density at radius 3 is 2.42 bits per heavy atom. The minimum atomic E-state index is -0.146. The van der Waals surface area contributed by atoms with E-state index < -0.39 is 0 Å². The van der Waals surface area contributed by atoms with Gasteiger partial charge in [-0.1, -0.05) is 45.0 Å². The number of aliphatic hydroxyl groups is 1. The molecule has 0 aliphatic rings. The zero-order valence-corrected chi connectivity index (χ0v) is 19.5. The van der Waals surface area contributed by atoms with Gasteiger partial charge in [-0.15, -0.1) is 0 Å². The fraction of sp³-hybridized carbons (Fsp3) is 0.391. The minimum absolute atomic E-state index is 0.000734. The Balaban J connectivity index is 2.26. The number of allylic oxidation sites excluding steroid dienone is 1. The van der Waals surface area contributed by atoms with Crippen LogP contribution in [0, 0.1) is 6.92 Å². The van der Waals surface area contributed by atoms with Gasteiger partial charge in [0, 0.05) is 41.0 Å². The third-order valence-corrected chi connectivity index (χ3v) is 6.03. The summed E-state index contributed by atoms with van der Waals surface area (Å²) >= 11 is 1.02. The highest BCUT2D eigenvalue weighted by molar-refractivity contribution is 8.17. The number of hydrogen-bond acceptors (Lipinski definition) is 7. The SMILES string of the molecule is C/C(=C(\CCO)SC(=O)c1ccc(C(C)(C)C)cc1)N(C=O)Cc1cnc(C)nc1N. The molecule has 1 aromatic carbocycles. The monoisotopic (exact) mass is 442 g/mol. The number of nitrogen functional groups attached to an aromatic ring is 1. The van der Waals surface area contributed by atoms with Gasteiger partial charge in [-0.05, 0) is 36.6 Å². The smallest absolute Gasteiger partial charge is 0.223 e. The van der Waals surface area contributed by atoms with Crippen LogP contribution in [0.15, 0.2) is 41.1 Å². The van der Waals surface area contributed by atoms with E-state index in [0.29, 0.717) is 39.8 Å². The van der Waals surface area contributed by atoms with Crippen molar-refractivity contribution in [2.24, 2.45) is 0 Å². The molecule has 31 heavy (non-hydrogen) atoms. The van der Waals surface area contributed by atoms with Gasteiger partial charge in [0.2, 0.25) is 11.5 Å². The zero-order chi connectivity index (χ0) is 23.2. The summed E-state index contributed by atoms with van der Waals surface area (Å²) in [4.78, 5) is 34.9. The summed E-state index contributed by atoms with van der Waals surface area (Å²) in [6.07, 6.45) is 2.52. The topological polar surface area (TPSA) is 109 Å². The molecule has 0 radical (unpaired) electrons. The van der Waals surface area contributed by atoms with E-state index in [4.69, 9.17) is 5.73 Å². The van der Waals surface area contributed by atoms with Crippen LogP contribution in [0.1, 0.15) is 61.4 Å². The van der Waals surface area contributed by atoms with Gasteiger partial charge in [0.1, 0.15) is 11.6 Å². The molecule has 0 aliphatic carbocycles. The van der Waals surface area contributed by atoms with Crippen molar-refractivity contribution in [2.75, 3.05) is 12.3 Å². The van der Waals surface area contributed by atoms with Crippen molar-refractivity contribution in [3.05, 3.63) is 63.6 Å². The van der Waals surface area contributed by atoms with Crippen LogP contribution >= 0.6 is 11.8 Å². The standard InChI is InChI=1S/C23H30N4O3S/c1-15(27(14-29)13-18-12-25-16(2)26-21(18)24)20(10-11-28)31-22(30)17-6-8-19(9-7-17)23(3,4)5/h6-9,12,14,28H,10-11,13H2,1-5H3,(H2,24,25,26)/b20-15-. The second-order valence-electron chi connectivity index (χ2n) is 8.26. The number of nitrogens with zero attached hydrogens (tertiary/aromatic N) is 3. The largest absolute Gasteiger partial charge is 0.396 e. The molecule has 0 spiro atoms. The van der Waals surface area contributed by atoms with Crippen molar-refractivity contribution in [1.29, 1.82) is 0 Å². The van der Waals surface area contributed by atoms with Crippen LogP contribution in [0.4, 0.5) is 5.82 Å². The van der Waals surface area contributed by atoms with Crippen molar-refractivity contribution in [2.45, 2.75) is 53.0 Å². The summed E-state index contributed by atoms with van der Waals surface area (Å²) in [5.41, 5.74) is 8.84. The number of benzene rings is 1. The van der Waals surface area contributed by atoms with Crippen molar-refractivity contribution < 1.29 is 14.7 Å². The number of anilines is 1. The molecule has 0 atom stereocenters. The first-order chi connectivity index (χ1) is 14.6. The van der Waals surface area contributed by atoms with Crippen LogP contribution < -0.4 is 5.73 Å². The summed E-state index contributed by atoms with van der Waals surface area (Å²) in [5, 5.41) is 9.36. The van der Waals surface area contributed by atoms with Crippen molar-refractivity contribution in [1.82, 2.24) is 14.9 Å². The Kier molecular flexibility index (Phi) is 8.36. The van der Waals surface area contributed by atoms with Gasteiger partial charge < -0.3 is 15.7 Å². The van der Waals surface area contributed by atoms with Gasteiger partial charge in [0.25, 0.3) is 0 Å². The summed E-state index contributed by atoms with van der Waals surface area (Å²) < 4.78 is 0. The Bertz CT molecular complexity index is 966. The van der Waals surface area contributed by atoms with E-state index in [2.05, 4.69) is 30.7 Å². The highest BCUT2D eigenvalue weighted by atomic mass is 32.2. The fourth-order valence-electron chi connectivity index (χ4n) is 2.90. The van der Waals surface area contributed by atoms with Gasteiger partial charge in [0.15, 0.2) is 0 Å². The van der Waals surface area contributed by atoms with E-state index >= 15 is 0 Å². The molecular weight excluding hydrogens is 412 g/mol. The van der Waals surface area contributed by atoms with E-state index in [-0.39, 0.29) is 30.1 Å². The van der Waals surface area contributed by atoms with E-state index in [0.717, 1.165) is 17.3 Å². The first-order valence-corrected chi connectivity index (χ1v) is 10.8. The van der Waals surface area contributed by atoms with Crippen LogP contribution in [-0.2, 0) is 16.8 Å². The summed E-state index contributed by atoms with van der Waals surface area (Å²) in [6, 6.07) is 7.52. The molecule has 0 saturated heterocycles. The second-order valence-corrected chi connectivity index (χ2v) is 9.33. The number of rotatable bonds is 8. The minimum Gasteiger partial charge on any atom is -0.396 e. The molecule has 8 heteroatoms. The molecule has 0 bridgehead atoms. The molecule has 0 unspecified atom stereocenters. The lowest BCUT2D eigenvalue weighted by Crippen LogP contribution is -2.22. The number of nitrogens with two attached hydrogens (primary N) is 1. The van der Waals surface area contributed by atoms with Gasteiger partial charge in [-0.25, -0.2) is 9.97 Å². The maximum Gasteiger partial charge on any atom is 0.223 e. The summed E-state index contributed by atoms with van der Waals surface area (Å²) in [7, 11) is 0. The number of aromatic nitrogens is 2. The van der Waals surface area contributed by atoms with Crippen LogP contribution in [0.3, 0.4) is 0 Å². The van der Waals surface area contributed by atoms with E-state index in [1.807, 2.05) is 24.3 Å². The van der Waals surface area contributed by atoms with Crippen molar-refractivity contribution in [3.8, 4) is 0 Å². The third-order valence-electron chi connectivity index (χ3n) is 4.86. The maximum absolute atomic E-state index is 12.9. The predicted octanol–water partition coefficient (Wildman–Crippen LogP) is 3.81. The summed E-state index contributed by atoms with van der Waals surface area (Å²) in [6.45, 7) is 9.85. The van der Waals surface area contributed by atoms with E-state index in [9.17, 15) is 14.7 Å². The Hall–Kier alpha value is -2.71. The molecule has 0 aliphatic heterocycles. The molecule has 7 nitrogen and oxygen atoms in total. The number of aryl methyl sites for hydroxylation is 1. The number of aliphatic hydroxyl groups excluding tert-OH is 1. The molecule has 3 N–H and O–H groups in total. The second kappa shape index (κ2) is 10.5. The maximum atomic E-state index is 12.9. The quantitative estimate of drug-likeness (QED) is 0.598. The van der Waals surface area contributed by atoms with Gasteiger partial charge >= 0.3 is 0 Å². The van der Waals surface area contributed by atoms with Crippen LogP contribution in [0.2, 0.25) is 0 Å². The molecule has 1 heterocycles. The average Bonchev–Trinajstić information content (AvgIpc) is 2.72. The predicted molar refractivity (Wildman–Crippen MR) is 124 cm³/mol. The zero-order valence-electron chi connectivity index (χ0n) is 18.7. The number of amides is 1. The summed E-state index contributed by atoms with van der Waals surface area (Å²) in [5.74, 6) is 0.851. The highest BCUT2D eigenvalue weighted by Gasteiger charge is 2.19. The molecule has 0 saturated carbocycles. The number of thioether (sulfide) groups is 1. The van der Waals surface area contributed by atoms with Gasteiger partial charge in [-0.3, -0.25) is 9.59 Å². The first-order valence-electron chi connectivity index (χ1n) is 10.00. The van der Waals surface area contributed by atoms with Gasteiger partial charge in [-0.2, -0.15) is 0 Å². The molecule has 166 valence electrons. The van der Waals surface area contributed by atoms with Crippen molar-refractivity contribution >= 4 is 29.1 Å². The molecular formula is C23H30N4O3S. The molecule has 0 fully saturated rings. The fourth-order valence-corrected chi connectivity index (χ4v) is 3.83. The normalized spacial score (nSPS) is 12.3. The Labute approximate surface area is 187 Å². The van der Waals surface area contributed by atoms with Gasteiger partial charge in [0.05, 0.1) is 6.54 Å². The van der Waals surface area contributed by atoms with E-state index in [1.54, 1.807) is 20.0 Å². The number of carbonyl (C=O) groups excluding carboxylic acids is 2. The number of carbonyl (C=O) groups is 2. The molecule has 2 rings (SSSR count). The first kappa shape index (κ1) is 24.6.